The zero-order valence-corrected chi connectivity index (χ0v) is 12.6. The van der Waals surface area contributed by atoms with E-state index in [0.717, 1.165) is 30.1 Å². The SMILES string of the molecule is CC(C)CCC[C@@H](C)[C@H]1CC[C@@H]2[C@H]1CCC[C@@H]2O. The van der Waals surface area contributed by atoms with Crippen LogP contribution in [0.15, 0.2) is 0 Å². The maximum Gasteiger partial charge on any atom is 0.0571 e. The molecule has 0 unspecified atom stereocenters. The highest BCUT2D eigenvalue weighted by Crippen LogP contribution is 2.49. The average Bonchev–Trinajstić information content (AvgIpc) is 2.73. The fraction of sp³-hybridized carbons (Fsp3) is 1.00. The zero-order chi connectivity index (χ0) is 13.1. The molecule has 0 heterocycles. The molecule has 2 aliphatic rings. The van der Waals surface area contributed by atoms with Crippen molar-refractivity contribution in [2.45, 2.75) is 78.2 Å². The van der Waals surface area contributed by atoms with Gasteiger partial charge in [-0.1, -0.05) is 46.5 Å². The first kappa shape index (κ1) is 14.4. The summed E-state index contributed by atoms with van der Waals surface area (Å²) < 4.78 is 0. The average molecular weight is 252 g/mol. The molecule has 2 fully saturated rings. The lowest BCUT2D eigenvalue weighted by Crippen LogP contribution is -2.32. The first-order chi connectivity index (χ1) is 8.59. The summed E-state index contributed by atoms with van der Waals surface area (Å²) in [5.74, 6) is 4.14. The number of aliphatic hydroxyl groups excluding tert-OH is 1. The monoisotopic (exact) mass is 252 g/mol. The lowest BCUT2D eigenvalue weighted by molar-refractivity contribution is 0.0309. The van der Waals surface area contributed by atoms with Crippen molar-refractivity contribution in [3.63, 3.8) is 0 Å². The van der Waals surface area contributed by atoms with Crippen molar-refractivity contribution in [3.8, 4) is 0 Å². The van der Waals surface area contributed by atoms with Gasteiger partial charge in [0.1, 0.15) is 0 Å². The van der Waals surface area contributed by atoms with Gasteiger partial charge in [-0.05, 0) is 55.3 Å². The first-order valence-electron chi connectivity index (χ1n) is 8.27. The molecule has 0 aliphatic heterocycles. The van der Waals surface area contributed by atoms with Crippen LogP contribution in [0, 0.1) is 29.6 Å². The summed E-state index contributed by atoms with van der Waals surface area (Å²) in [6.07, 6.45) is 10.6. The second-order valence-electron chi connectivity index (χ2n) is 7.37. The van der Waals surface area contributed by atoms with Crippen molar-refractivity contribution >= 4 is 0 Å². The second kappa shape index (κ2) is 6.41. The predicted octanol–water partition coefficient (Wildman–Crippen LogP) is 4.64. The van der Waals surface area contributed by atoms with Crippen LogP contribution in [0.4, 0.5) is 0 Å². The van der Waals surface area contributed by atoms with E-state index in [4.69, 9.17) is 0 Å². The van der Waals surface area contributed by atoms with Crippen LogP contribution in [0.3, 0.4) is 0 Å². The summed E-state index contributed by atoms with van der Waals surface area (Å²) in [5.41, 5.74) is 0. The molecule has 1 N–H and O–H groups in total. The van der Waals surface area contributed by atoms with E-state index >= 15 is 0 Å². The molecule has 0 radical (unpaired) electrons. The molecule has 0 aromatic carbocycles. The Labute approximate surface area is 113 Å². The number of rotatable bonds is 5. The van der Waals surface area contributed by atoms with E-state index < -0.39 is 0 Å². The highest BCUT2D eigenvalue weighted by molar-refractivity contribution is 4.93. The van der Waals surface area contributed by atoms with E-state index in [9.17, 15) is 5.11 Å². The van der Waals surface area contributed by atoms with Gasteiger partial charge in [-0.2, -0.15) is 0 Å². The van der Waals surface area contributed by atoms with Crippen molar-refractivity contribution in [2.75, 3.05) is 0 Å². The quantitative estimate of drug-likeness (QED) is 0.756. The van der Waals surface area contributed by atoms with Gasteiger partial charge in [0.15, 0.2) is 0 Å². The summed E-state index contributed by atoms with van der Waals surface area (Å²) in [7, 11) is 0. The van der Waals surface area contributed by atoms with Crippen molar-refractivity contribution in [1.82, 2.24) is 0 Å². The lowest BCUT2D eigenvalue weighted by atomic mass is 9.72. The molecule has 0 aromatic rings. The van der Waals surface area contributed by atoms with Gasteiger partial charge in [-0.25, -0.2) is 0 Å². The number of hydrogen-bond acceptors (Lipinski definition) is 1. The molecule has 0 aromatic heterocycles. The molecule has 106 valence electrons. The van der Waals surface area contributed by atoms with E-state index in [1.54, 1.807) is 0 Å². The molecule has 5 atom stereocenters. The van der Waals surface area contributed by atoms with Gasteiger partial charge >= 0.3 is 0 Å². The van der Waals surface area contributed by atoms with Gasteiger partial charge in [0.2, 0.25) is 0 Å². The maximum absolute atomic E-state index is 10.1. The third-order valence-electron chi connectivity index (χ3n) is 5.64. The Kier molecular flexibility index (Phi) is 5.12. The molecule has 2 aliphatic carbocycles. The lowest BCUT2D eigenvalue weighted by Gasteiger charge is -2.35. The van der Waals surface area contributed by atoms with E-state index in [2.05, 4.69) is 20.8 Å². The zero-order valence-electron chi connectivity index (χ0n) is 12.6. The van der Waals surface area contributed by atoms with E-state index in [1.165, 1.54) is 44.9 Å². The van der Waals surface area contributed by atoms with Gasteiger partial charge in [0.25, 0.3) is 0 Å². The Morgan fingerprint density at radius 2 is 1.72 bits per heavy atom. The standard InChI is InChI=1S/C17H32O/c1-12(2)6-4-7-13(3)14-10-11-16-15(14)8-5-9-17(16)18/h12-18H,4-11H2,1-3H3/t13-,14-,15+,16-,17+/m1/s1. The summed E-state index contributed by atoms with van der Waals surface area (Å²) in [6.45, 7) is 7.12. The molecule has 1 heteroatoms. The molecular formula is C17H32O. The second-order valence-corrected chi connectivity index (χ2v) is 7.37. The summed E-state index contributed by atoms with van der Waals surface area (Å²) in [5, 5.41) is 10.1. The van der Waals surface area contributed by atoms with Crippen LogP contribution >= 0.6 is 0 Å². The summed E-state index contributed by atoms with van der Waals surface area (Å²) in [4.78, 5) is 0. The molecule has 1 nitrogen and oxygen atoms in total. The molecule has 2 saturated carbocycles. The third kappa shape index (κ3) is 3.29. The van der Waals surface area contributed by atoms with Gasteiger partial charge in [0, 0.05) is 0 Å². The minimum absolute atomic E-state index is 0.0246. The Hall–Kier alpha value is -0.0400. The van der Waals surface area contributed by atoms with E-state index in [-0.39, 0.29) is 6.10 Å². The fourth-order valence-electron chi connectivity index (χ4n) is 4.58. The predicted molar refractivity (Wildman–Crippen MR) is 77.4 cm³/mol. The third-order valence-corrected chi connectivity index (χ3v) is 5.64. The minimum atomic E-state index is 0.0246. The molecular weight excluding hydrogens is 220 g/mol. The maximum atomic E-state index is 10.1. The van der Waals surface area contributed by atoms with Crippen LogP contribution in [0.2, 0.25) is 0 Å². The normalized spacial score (nSPS) is 37.8. The number of hydrogen-bond donors (Lipinski definition) is 1. The number of aliphatic hydroxyl groups is 1. The van der Waals surface area contributed by atoms with Crippen molar-refractivity contribution in [1.29, 1.82) is 0 Å². The van der Waals surface area contributed by atoms with Crippen LogP contribution in [0.5, 0.6) is 0 Å². The topological polar surface area (TPSA) is 20.2 Å². The molecule has 2 rings (SSSR count). The molecule has 18 heavy (non-hydrogen) atoms. The van der Waals surface area contributed by atoms with E-state index in [1.807, 2.05) is 0 Å². The minimum Gasteiger partial charge on any atom is -0.393 e. The Morgan fingerprint density at radius 3 is 2.44 bits per heavy atom. The van der Waals surface area contributed by atoms with Crippen LogP contribution in [-0.2, 0) is 0 Å². The van der Waals surface area contributed by atoms with Crippen LogP contribution < -0.4 is 0 Å². The van der Waals surface area contributed by atoms with Gasteiger partial charge in [-0.15, -0.1) is 0 Å². The van der Waals surface area contributed by atoms with Crippen LogP contribution in [-0.4, -0.2) is 11.2 Å². The van der Waals surface area contributed by atoms with Gasteiger partial charge < -0.3 is 5.11 Å². The van der Waals surface area contributed by atoms with Crippen LogP contribution in [0.1, 0.15) is 72.1 Å². The molecule has 0 saturated heterocycles. The highest BCUT2D eigenvalue weighted by atomic mass is 16.3. The van der Waals surface area contributed by atoms with Crippen LogP contribution in [0.25, 0.3) is 0 Å². The van der Waals surface area contributed by atoms with Crippen molar-refractivity contribution < 1.29 is 5.11 Å². The smallest absolute Gasteiger partial charge is 0.0571 e. The Balaban J connectivity index is 1.82. The van der Waals surface area contributed by atoms with Gasteiger partial charge in [0.05, 0.1) is 6.10 Å². The summed E-state index contributed by atoms with van der Waals surface area (Å²) in [6, 6.07) is 0. The molecule has 0 spiro atoms. The van der Waals surface area contributed by atoms with Gasteiger partial charge in [-0.3, -0.25) is 0 Å². The van der Waals surface area contributed by atoms with E-state index in [0.29, 0.717) is 5.92 Å². The first-order valence-corrected chi connectivity index (χ1v) is 8.27. The Morgan fingerprint density at radius 1 is 0.944 bits per heavy atom. The molecule has 0 bridgehead atoms. The largest absolute Gasteiger partial charge is 0.393 e. The highest BCUT2D eigenvalue weighted by Gasteiger charge is 2.43. The Bertz CT molecular complexity index is 248. The fourth-order valence-corrected chi connectivity index (χ4v) is 4.58. The number of fused-ring (bicyclic) bond motifs is 1. The van der Waals surface area contributed by atoms with Crippen molar-refractivity contribution in [3.05, 3.63) is 0 Å². The summed E-state index contributed by atoms with van der Waals surface area (Å²) >= 11 is 0. The molecule has 0 amide bonds. The van der Waals surface area contributed by atoms with Crippen molar-refractivity contribution in [2.24, 2.45) is 29.6 Å².